The fourth-order valence-electron chi connectivity index (χ4n) is 2.10. The van der Waals surface area contributed by atoms with Crippen LogP contribution in [0.25, 0.3) is 0 Å². The molecule has 0 amide bonds. The molecule has 0 spiro atoms. The molecular formula is C17H22FN3OS. The first-order valence-electron chi connectivity index (χ1n) is 7.54. The summed E-state index contributed by atoms with van der Waals surface area (Å²) >= 11 is 1.66. The maximum atomic E-state index is 13.0. The van der Waals surface area contributed by atoms with Gasteiger partial charge in [0.25, 0.3) is 0 Å². The highest BCUT2D eigenvalue weighted by Crippen LogP contribution is 2.16. The molecule has 23 heavy (non-hydrogen) atoms. The minimum atomic E-state index is -0.248. The summed E-state index contributed by atoms with van der Waals surface area (Å²) in [6.45, 7) is 3.99. The highest BCUT2D eigenvalue weighted by Gasteiger charge is 2.11. The van der Waals surface area contributed by atoms with E-state index in [0.29, 0.717) is 13.1 Å². The van der Waals surface area contributed by atoms with E-state index in [9.17, 15) is 4.39 Å². The van der Waals surface area contributed by atoms with Gasteiger partial charge in [-0.25, -0.2) is 9.38 Å². The molecule has 4 nitrogen and oxygen atoms in total. The highest BCUT2D eigenvalue weighted by atomic mass is 32.1. The quantitative estimate of drug-likeness (QED) is 0.603. The van der Waals surface area contributed by atoms with Gasteiger partial charge in [-0.15, -0.1) is 0 Å². The molecule has 1 atom stereocenters. The van der Waals surface area contributed by atoms with Crippen LogP contribution in [0.2, 0.25) is 0 Å². The van der Waals surface area contributed by atoms with Crippen molar-refractivity contribution < 1.29 is 9.13 Å². The minimum absolute atomic E-state index is 0.166. The number of thiophene rings is 1. The molecule has 0 bridgehead atoms. The summed E-state index contributed by atoms with van der Waals surface area (Å²) in [5.74, 6) is 0.491. The van der Waals surface area contributed by atoms with Crippen LogP contribution < -0.4 is 10.6 Å². The van der Waals surface area contributed by atoms with Gasteiger partial charge >= 0.3 is 0 Å². The van der Waals surface area contributed by atoms with Gasteiger partial charge in [0.15, 0.2) is 5.96 Å². The summed E-state index contributed by atoms with van der Waals surface area (Å²) in [6, 6.07) is 8.42. The largest absolute Gasteiger partial charge is 0.375 e. The van der Waals surface area contributed by atoms with Crippen LogP contribution >= 0.6 is 11.3 Å². The molecule has 124 valence electrons. The van der Waals surface area contributed by atoms with Crippen molar-refractivity contribution >= 4 is 17.3 Å². The Balaban J connectivity index is 1.95. The van der Waals surface area contributed by atoms with Crippen LogP contribution in [0.4, 0.5) is 4.39 Å². The van der Waals surface area contributed by atoms with E-state index in [-0.39, 0.29) is 11.9 Å². The monoisotopic (exact) mass is 335 g/mol. The second-order valence-corrected chi connectivity index (χ2v) is 5.76. The second-order valence-electron chi connectivity index (χ2n) is 4.98. The Morgan fingerprint density at radius 2 is 2.04 bits per heavy atom. The Kier molecular flexibility index (Phi) is 7.03. The molecule has 0 fully saturated rings. The zero-order valence-electron chi connectivity index (χ0n) is 13.4. The number of nitrogens with zero attached hydrogens (tertiary/aromatic N) is 1. The molecule has 2 rings (SSSR count). The summed E-state index contributed by atoms with van der Waals surface area (Å²) in [5.41, 5.74) is 2.11. The van der Waals surface area contributed by atoms with Crippen molar-refractivity contribution in [2.45, 2.75) is 19.6 Å². The van der Waals surface area contributed by atoms with E-state index in [1.807, 2.05) is 12.3 Å². The zero-order valence-corrected chi connectivity index (χ0v) is 14.2. The lowest BCUT2D eigenvalue weighted by atomic mass is 10.1. The van der Waals surface area contributed by atoms with E-state index >= 15 is 0 Å². The van der Waals surface area contributed by atoms with Crippen LogP contribution in [0.5, 0.6) is 0 Å². The van der Waals surface area contributed by atoms with Crippen molar-refractivity contribution in [1.82, 2.24) is 10.6 Å². The molecule has 0 saturated carbocycles. The number of nitrogens with one attached hydrogen (secondary N) is 2. The first-order chi connectivity index (χ1) is 11.2. The fraction of sp³-hybridized carbons (Fsp3) is 0.353. The Labute approximate surface area is 140 Å². The van der Waals surface area contributed by atoms with E-state index in [4.69, 9.17) is 4.74 Å². The predicted molar refractivity (Wildman–Crippen MR) is 93.3 cm³/mol. The van der Waals surface area contributed by atoms with Gasteiger partial charge in [-0.05, 0) is 47.0 Å². The molecule has 1 aromatic carbocycles. The van der Waals surface area contributed by atoms with Gasteiger partial charge in [0.2, 0.25) is 0 Å². The Morgan fingerprint density at radius 1 is 1.26 bits per heavy atom. The number of aliphatic imine (C=N–C) groups is 1. The molecule has 1 heterocycles. The molecule has 1 aromatic heterocycles. The van der Waals surface area contributed by atoms with Gasteiger partial charge in [-0.3, -0.25) is 0 Å². The maximum absolute atomic E-state index is 13.0. The van der Waals surface area contributed by atoms with Crippen LogP contribution in [0.3, 0.4) is 0 Å². The third kappa shape index (κ3) is 5.65. The van der Waals surface area contributed by atoms with E-state index in [0.717, 1.165) is 18.1 Å². The SMILES string of the molecule is CCNC(=NCc1ccsc1)NCC(OC)c1ccc(F)cc1. The van der Waals surface area contributed by atoms with E-state index < -0.39 is 0 Å². The van der Waals surface area contributed by atoms with Gasteiger partial charge in [-0.1, -0.05) is 12.1 Å². The number of halogens is 1. The highest BCUT2D eigenvalue weighted by molar-refractivity contribution is 7.07. The molecule has 0 aliphatic rings. The van der Waals surface area contributed by atoms with Gasteiger partial charge < -0.3 is 15.4 Å². The third-order valence-electron chi connectivity index (χ3n) is 3.33. The minimum Gasteiger partial charge on any atom is -0.375 e. The van der Waals surface area contributed by atoms with E-state index in [1.54, 1.807) is 30.6 Å². The van der Waals surface area contributed by atoms with Crippen LogP contribution in [0.15, 0.2) is 46.1 Å². The van der Waals surface area contributed by atoms with Crippen LogP contribution in [-0.4, -0.2) is 26.2 Å². The zero-order chi connectivity index (χ0) is 16.5. The van der Waals surface area contributed by atoms with Crippen LogP contribution in [0, 0.1) is 5.82 Å². The number of hydrogen-bond acceptors (Lipinski definition) is 3. The van der Waals surface area contributed by atoms with Gasteiger partial charge in [0.05, 0.1) is 12.6 Å². The van der Waals surface area contributed by atoms with E-state index in [1.165, 1.54) is 17.7 Å². The number of benzene rings is 1. The molecule has 0 radical (unpaired) electrons. The first kappa shape index (κ1) is 17.4. The predicted octanol–water partition coefficient (Wildman–Crippen LogP) is 3.33. The van der Waals surface area contributed by atoms with Crippen molar-refractivity contribution in [3.8, 4) is 0 Å². The Morgan fingerprint density at radius 3 is 2.65 bits per heavy atom. The molecule has 0 saturated heterocycles. The lowest BCUT2D eigenvalue weighted by Gasteiger charge is -2.18. The summed E-state index contributed by atoms with van der Waals surface area (Å²) in [7, 11) is 1.64. The van der Waals surface area contributed by atoms with Gasteiger partial charge in [0, 0.05) is 20.2 Å². The lowest BCUT2D eigenvalue weighted by molar-refractivity contribution is 0.106. The fourth-order valence-corrected chi connectivity index (χ4v) is 2.76. The number of methoxy groups -OCH3 is 1. The van der Waals surface area contributed by atoms with Crippen molar-refractivity contribution in [2.24, 2.45) is 4.99 Å². The maximum Gasteiger partial charge on any atom is 0.191 e. The lowest BCUT2D eigenvalue weighted by Crippen LogP contribution is -2.39. The first-order valence-corrected chi connectivity index (χ1v) is 8.48. The van der Waals surface area contributed by atoms with Crippen molar-refractivity contribution in [3.05, 3.63) is 58.0 Å². The average Bonchev–Trinajstić information content (AvgIpc) is 3.08. The van der Waals surface area contributed by atoms with Crippen molar-refractivity contribution in [3.63, 3.8) is 0 Å². The summed E-state index contributed by atoms with van der Waals surface area (Å²) in [6.07, 6.45) is -0.166. The van der Waals surface area contributed by atoms with Crippen molar-refractivity contribution in [1.29, 1.82) is 0 Å². The van der Waals surface area contributed by atoms with Crippen molar-refractivity contribution in [2.75, 3.05) is 20.2 Å². The number of ether oxygens (including phenoxy) is 1. The molecule has 2 aromatic rings. The van der Waals surface area contributed by atoms with Crippen LogP contribution in [-0.2, 0) is 11.3 Å². The normalized spacial score (nSPS) is 12.9. The molecule has 0 aliphatic heterocycles. The van der Waals surface area contributed by atoms with E-state index in [2.05, 4.69) is 27.1 Å². The topological polar surface area (TPSA) is 45.7 Å². The number of guanidine groups is 1. The molecule has 1 unspecified atom stereocenters. The van der Waals surface area contributed by atoms with Gasteiger partial charge in [0.1, 0.15) is 5.82 Å². The smallest absolute Gasteiger partial charge is 0.191 e. The average molecular weight is 335 g/mol. The molecule has 6 heteroatoms. The standard InChI is InChI=1S/C17H22FN3OS/c1-3-19-17(20-10-13-8-9-23-12-13)21-11-16(22-2)14-4-6-15(18)7-5-14/h4-9,12,16H,3,10-11H2,1-2H3,(H2,19,20,21). The third-order valence-corrected chi connectivity index (χ3v) is 4.06. The number of rotatable bonds is 7. The summed E-state index contributed by atoms with van der Waals surface area (Å²) in [5, 5.41) is 10.6. The summed E-state index contributed by atoms with van der Waals surface area (Å²) < 4.78 is 18.5. The Hall–Kier alpha value is -1.92. The molecule has 0 aliphatic carbocycles. The van der Waals surface area contributed by atoms with Gasteiger partial charge in [-0.2, -0.15) is 11.3 Å². The Bertz CT molecular complexity index is 599. The summed E-state index contributed by atoms with van der Waals surface area (Å²) in [4.78, 5) is 4.56. The number of hydrogen-bond donors (Lipinski definition) is 2. The molecule has 2 N–H and O–H groups in total. The second kappa shape index (κ2) is 9.27. The van der Waals surface area contributed by atoms with Crippen LogP contribution in [0.1, 0.15) is 24.2 Å². The molecular weight excluding hydrogens is 313 g/mol.